The van der Waals surface area contributed by atoms with E-state index >= 15 is 4.39 Å². The van der Waals surface area contributed by atoms with Crippen LogP contribution in [0.4, 0.5) is 10.1 Å². The van der Waals surface area contributed by atoms with E-state index in [1.54, 1.807) is 18.2 Å². The van der Waals surface area contributed by atoms with E-state index in [0.29, 0.717) is 22.8 Å². The second-order valence-corrected chi connectivity index (χ2v) is 9.04. The first-order valence-corrected chi connectivity index (χ1v) is 11.1. The number of imide groups is 1. The predicted octanol–water partition coefficient (Wildman–Crippen LogP) is 5.03. The van der Waals surface area contributed by atoms with E-state index in [0.717, 1.165) is 35.1 Å². The molecule has 2 aliphatic rings. The molecule has 5 nitrogen and oxygen atoms in total. The summed E-state index contributed by atoms with van der Waals surface area (Å²) in [5, 5.41) is 4.43. The topological polar surface area (TPSA) is 54.3 Å². The molecule has 1 aromatic heterocycles. The normalized spacial score (nSPS) is 17.7. The van der Waals surface area contributed by atoms with Crippen LogP contribution in [0.5, 0.6) is 0 Å². The van der Waals surface area contributed by atoms with Crippen LogP contribution in [-0.4, -0.2) is 27.8 Å². The summed E-state index contributed by atoms with van der Waals surface area (Å²) in [6.45, 7) is 6.77. The minimum Gasteiger partial charge on any atom is -0.356 e. The largest absolute Gasteiger partial charge is 0.356 e. The molecule has 164 valence electrons. The van der Waals surface area contributed by atoms with E-state index in [9.17, 15) is 9.59 Å². The molecule has 5 rings (SSSR count). The minimum absolute atomic E-state index is 0.169. The maximum absolute atomic E-state index is 15.1. The Morgan fingerprint density at radius 3 is 2.66 bits per heavy atom. The number of carbonyl (C=O) groups is 2. The third-order valence-corrected chi connectivity index (χ3v) is 6.48. The highest BCUT2D eigenvalue weighted by molar-refractivity contribution is 6.11. The molecule has 0 spiro atoms. The lowest BCUT2D eigenvalue weighted by Gasteiger charge is -2.20. The van der Waals surface area contributed by atoms with Gasteiger partial charge >= 0.3 is 0 Å². The Hall–Kier alpha value is -3.41. The molecule has 0 fully saturated rings. The summed E-state index contributed by atoms with van der Waals surface area (Å²) in [5.41, 5.74) is 4.38. The van der Waals surface area contributed by atoms with Crippen molar-refractivity contribution in [2.45, 2.75) is 39.7 Å². The van der Waals surface area contributed by atoms with Gasteiger partial charge in [0.2, 0.25) is 5.91 Å². The molecule has 0 bridgehead atoms. The van der Waals surface area contributed by atoms with Gasteiger partial charge in [0.25, 0.3) is 5.91 Å². The van der Waals surface area contributed by atoms with Gasteiger partial charge in [-0.05, 0) is 36.1 Å². The third-order valence-electron chi connectivity index (χ3n) is 6.48. The molecule has 0 saturated heterocycles. The Labute approximate surface area is 186 Å². The van der Waals surface area contributed by atoms with Gasteiger partial charge in [0, 0.05) is 47.9 Å². The molecule has 0 aliphatic carbocycles. The van der Waals surface area contributed by atoms with E-state index in [1.807, 2.05) is 12.1 Å². The Morgan fingerprint density at radius 1 is 1.16 bits per heavy atom. The second-order valence-electron chi connectivity index (χ2n) is 9.04. The fourth-order valence-corrected chi connectivity index (χ4v) is 4.89. The number of amides is 2. The Balaban J connectivity index is 1.77. The van der Waals surface area contributed by atoms with E-state index in [2.05, 4.69) is 36.0 Å². The SMILES string of the molecule is CC(=O)N1CC2=C(C1=O)C(c1ccccc1F)c1cn(CCC(C)C)c3cccc(c13)N2. The lowest BCUT2D eigenvalue weighted by Crippen LogP contribution is -2.33. The first-order valence-electron chi connectivity index (χ1n) is 11.1. The molecule has 1 unspecified atom stereocenters. The molecule has 0 saturated carbocycles. The van der Waals surface area contributed by atoms with Crippen molar-refractivity contribution in [3.05, 3.63) is 76.9 Å². The van der Waals surface area contributed by atoms with Crippen LogP contribution in [0.2, 0.25) is 0 Å². The Bertz CT molecular complexity index is 1290. The lowest BCUT2D eigenvalue weighted by molar-refractivity contribution is -0.139. The summed E-state index contributed by atoms with van der Waals surface area (Å²) in [7, 11) is 0. The van der Waals surface area contributed by atoms with Gasteiger partial charge in [0.1, 0.15) is 5.82 Å². The average molecular weight is 432 g/mol. The molecule has 2 amide bonds. The lowest BCUT2D eigenvalue weighted by atomic mass is 9.84. The first kappa shape index (κ1) is 20.5. The number of benzene rings is 2. The quantitative estimate of drug-likeness (QED) is 0.631. The van der Waals surface area contributed by atoms with Crippen molar-refractivity contribution in [1.29, 1.82) is 0 Å². The number of carbonyl (C=O) groups excluding carboxylic acids is 2. The van der Waals surface area contributed by atoms with E-state index in [1.165, 1.54) is 17.9 Å². The number of rotatable bonds is 4. The monoisotopic (exact) mass is 431 g/mol. The Kier molecular flexibility index (Phi) is 4.88. The van der Waals surface area contributed by atoms with Crippen molar-refractivity contribution in [3.63, 3.8) is 0 Å². The van der Waals surface area contributed by atoms with Crippen LogP contribution >= 0.6 is 0 Å². The molecule has 1 N–H and O–H groups in total. The van der Waals surface area contributed by atoms with Crippen molar-refractivity contribution in [3.8, 4) is 0 Å². The number of hydrogen-bond acceptors (Lipinski definition) is 3. The van der Waals surface area contributed by atoms with Crippen LogP contribution in [0.1, 0.15) is 44.2 Å². The summed E-state index contributed by atoms with van der Waals surface area (Å²) in [6, 6.07) is 12.6. The summed E-state index contributed by atoms with van der Waals surface area (Å²) < 4.78 is 17.3. The van der Waals surface area contributed by atoms with Gasteiger partial charge in [-0.15, -0.1) is 0 Å². The van der Waals surface area contributed by atoms with Crippen LogP contribution in [0.15, 0.2) is 59.9 Å². The van der Waals surface area contributed by atoms with Crippen LogP contribution in [0.3, 0.4) is 0 Å². The summed E-state index contributed by atoms with van der Waals surface area (Å²) in [4.78, 5) is 26.8. The van der Waals surface area contributed by atoms with Gasteiger partial charge in [0.05, 0.1) is 17.6 Å². The van der Waals surface area contributed by atoms with Gasteiger partial charge < -0.3 is 9.88 Å². The maximum atomic E-state index is 15.1. The number of hydrogen-bond donors (Lipinski definition) is 1. The van der Waals surface area contributed by atoms with E-state index in [4.69, 9.17) is 0 Å². The molecule has 3 aromatic rings. The number of aromatic nitrogens is 1. The number of aryl methyl sites for hydroxylation is 1. The first-order chi connectivity index (χ1) is 15.4. The highest BCUT2D eigenvalue weighted by atomic mass is 19.1. The zero-order valence-corrected chi connectivity index (χ0v) is 18.5. The molecular formula is C26H26FN3O2. The fraction of sp³-hybridized carbons (Fsp3) is 0.308. The van der Waals surface area contributed by atoms with E-state index in [-0.39, 0.29) is 24.2 Å². The zero-order chi connectivity index (χ0) is 22.6. The summed E-state index contributed by atoms with van der Waals surface area (Å²) >= 11 is 0. The zero-order valence-electron chi connectivity index (χ0n) is 18.5. The third kappa shape index (κ3) is 3.13. The van der Waals surface area contributed by atoms with Crippen molar-refractivity contribution < 1.29 is 14.0 Å². The molecule has 2 aliphatic heterocycles. The second kappa shape index (κ2) is 7.62. The number of nitrogens with one attached hydrogen (secondary N) is 1. The van der Waals surface area contributed by atoms with Gasteiger partial charge in [-0.1, -0.05) is 38.1 Å². The van der Waals surface area contributed by atoms with Crippen molar-refractivity contribution in [2.24, 2.45) is 5.92 Å². The smallest absolute Gasteiger partial charge is 0.259 e. The van der Waals surface area contributed by atoms with Crippen molar-refractivity contribution in [2.75, 3.05) is 11.9 Å². The van der Waals surface area contributed by atoms with Gasteiger partial charge in [-0.3, -0.25) is 14.5 Å². The maximum Gasteiger partial charge on any atom is 0.259 e. The van der Waals surface area contributed by atoms with E-state index < -0.39 is 5.92 Å². The summed E-state index contributed by atoms with van der Waals surface area (Å²) in [5.74, 6) is -1.08. The highest BCUT2D eigenvalue weighted by Gasteiger charge is 2.42. The Morgan fingerprint density at radius 2 is 1.94 bits per heavy atom. The van der Waals surface area contributed by atoms with Gasteiger partial charge in [-0.2, -0.15) is 0 Å². The standard InChI is InChI=1S/C26H26FN3O2/c1-15(2)11-12-29-13-18-23(17-7-4-5-8-19(17)27)25-21(14-30(16(3)31)26(25)32)28-20-9-6-10-22(29)24(18)20/h4-10,13,15,23,28H,11-12,14H2,1-3H3. The van der Waals surface area contributed by atoms with Crippen LogP contribution in [0, 0.1) is 11.7 Å². The van der Waals surface area contributed by atoms with Crippen LogP contribution in [0.25, 0.3) is 10.9 Å². The highest BCUT2D eigenvalue weighted by Crippen LogP contribution is 2.47. The molecule has 3 heterocycles. The van der Waals surface area contributed by atoms with Crippen LogP contribution < -0.4 is 5.32 Å². The summed E-state index contributed by atoms with van der Waals surface area (Å²) in [6.07, 6.45) is 3.07. The van der Waals surface area contributed by atoms with Gasteiger partial charge in [0.15, 0.2) is 0 Å². The number of anilines is 1. The number of nitrogens with zero attached hydrogens (tertiary/aromatic N) is 2. The molecule has 2 aromatic carbocycles. The van der Waals surface area contributed by atoms with Crippen molar-refractivity contribution >= 4 is 28.4 Å². The average Bonchev–Trinajstić information content (AvgIpc) is 3.23. The fourth-order valence-electron chi connectivity index (χ4n) is 4.89. The molecular weight excluding hydrogens is 405 g/mol. The molecule has 6 heteroatoms. The molecule has 32 heavy (non-hydrogen) atoms. The molecule has 1 atom stereocenters. The van der Waals surface area contributed by atoms with Crippen LogP contribution in [-0.2, 0) is 16.1 Å². The van der Waals surface area contributed by atoms with Gasteiger partial charge in [-0.25, -0.2) is 4.39 Å². The number of halogens is 1. The predicted molar refractivity (Wildman–Crippen MR) is 123 cm³/mol. The minimum atomic E-state index is -0.595. The molecule has 0 radical (unpaired) electrons. The van der Waals surface area contributed by atoms with Crippen molar-refractivity contribution in [1.82, 2.24) is 9.47 Å².